The maximum atomic E-state index is 5.30. The van der Waals surface area contributed by atoms with E-state index < -0.39 is 0 Å². The van der Waals surface area contributed by atoms with Crippen molar-refractivity contribution in [3.8, 4) is 17.2 Å². The molecule has 150 valence electrons. The van der Waals surface area contributed by atoms with Crippen LogP contribution in [-0.2, 0) is 11.3 Å². The van der Waals surface area contributed by atoms with Gasteiger partial charge in [-0.2, -0.15) is 4.89 Å². The maximum absolute atomic E-state index is 5.30. The number of hydrogen-bond donors (Lipinski definition) is 0. The van der Waals surface area contributed by atoms with Crippen LogP contribution in [-0.4, -0.2) is 19.8 Å². The van der Waals surface area contributed by atoms with Crippen molar-refractivity contribution in [2.75, 3.05) is 19.8 Å². The van der Waals surface area contributed by atoms with Crippen molar-refractivity contribution in [2.24, 2.45) is 0 Å². The molecule has 2 aliphatic rings. The summed E-state index contributed by atoms with van der Waals surface area (Å²) in [5.41, 5.74) is 1.24. The Balaban J connectivity index is 0.000000155. The zero-order valence-corrected chi connectivity index (χ0v) is 16.6. The minimum absolute atomic E-state index is 0.664. The summed E-state index contributed by atoms with van der Waals surface area (Å²) >= 11 is 0. The highest BCUT2D eigenvalue weighted by Crippen LogP contribution is 2.28. The van der Waals surface area contributed by atoms with Gasteiger partial charge in [-0.1, -0.05) is 68.5 Å². The van der Waals surface area contributed by atoms with Crippen molar-refractivity contribution >= 4 is 0 Å². The number of rotatable bonds is 3. The third-order valence-corrected chi connectivity index (χ3v) is 3.97. The second-order valence-electron chi connectivity index (χ2n) is 6.21. The van der Waals surface area contributed by atoms with E-state index in [1.54, 1.807) is 6.08 Å². The molecule has 2 aromatic carbocycles. The highest BCUT2D eigenvalue weighted by molar-refractivity contribution is 5.40. The first-order chi connectivity index (χ1) is 13.8. The first kappa shape index (κ1) is 21.6. The van der Waals surface area contributed by atoms with Gasteiger partial charge in [0.25, 0.3) is 0 Å². The van der Waals surface area contributed by atoms with Gasteiger partial charge in [0.2, 0.25) is 0 Å². The molecule has 0 atom stereocenters. The van der Waals surface area contributed by atoms with Crippen molar-refractivity contribution in [1.82, 2.24) is 0 Å². The van der Waals surface area contributed by atoms with Crippen LogP contribution in [0.5, 0.6) is 17.2 Å². The molecule has 2 heterocycles. The SMILES string of the molecule is C=CC=CCCC.c1ccc2c(c1)CCCOO2.c1ccc2c(c1)OCCO2. The first-order valence-corrected chi connectivity index (χ1v) is 9.84. The summed E-state index contributed by atoms with van der Waals surface area (Å²) in [6.07, 6.45) is 10.4. The van der Waals surface area contributed by atoms with Crippen molar-refractivity contribution in [3.63, 3.8) is 0 Å². The Labute approximate surface area is 168 Å². The number of ether oxygens (including phenoxy) is 2. The molecule has 4 rings (SSSR count). The van der Waals surface area contributed by atoms with Gasteiger partial charge in [-0.25, -0.2) is 0 Å². The van der Waals surface area contributed by atoms with Gasteiger partial charge >= 0.3 is 0 Å². The fourth-order valence-corrected chi connectivity index (χ4v) is 2.57. The summed E-state index contributed by atoms with van der Waals surface area (Å²) in [6, 6.07) is 15.7. The lowest BCUT2D eigenvalue weighted by Gasteiger charge is -2.17. The summed E-state index contributed by atoms with van der Waals surface area (Å²) < 4.78 is 10.6. The van der Waals surface area contributed by atoms with Crippen LogP contribution in [0.3, 0.4) is 0 Å². The molecular weight excluding hydrogens is 352 g/mol. The van der Waals surface area contributed by atoms with Crippen molar-refractivity contribution < 1.29 is 19.2 Å². The van der Waals surface area contributed by atoms with E-state index in [1.807, 2.05) is 48.5 Å². The third kappa shape index (κ3) is 7.89. The van der Waals surface area contributed by atoms with Gasteiger partial charge < -0.3 is 14.4 Å². The molecule has 0 aliphatic carbocycles. The van der Waals surface area contributed by atoms with E-state index in [-0.39, 0.29) is 0 Å². The Kier molecular flexibility index (Phi) is 10.4. The van der Waals surface area contributed by atoms with E-state index in [9.17, 15) is 0 Å². The fourth-order valence-electron chi connectivity index (χ4n) is 2.57. The quantitative estimate of drug-likeness (QED) is 0.487. The van der Waals surface area contributed by atoms with Gasteiger partial charge in [-0.3, -0.25) is 0 Å². The largest absolute Gasteiger partial charge is 0.486 e. The van der Waals surface area contributed by atoms with E-state index in [1.165, 1.54) is 18.4 Å². The van der Waals surface area contributed by atoms with E-state index in [2.05, 4.69) is 25.6 Å². The monoisotopic (exact) mass is 382 g/mol. The Morgan fingerprint density at radius 1 is 0.893 bits per heavy atom. The van der Waals surface area contributed by atoms with E-state index in [4.69, 9.17) is 19.2 Å². The number of allylic oxidation sites excluding steroid dienone is 3. The predicted molar refractivity (Wildman–Crippen MR) is 113 cm³/mol. The third-order valence-electron chi connectivity index (χ3n) is 3.97. The number of para-hydroxylation sites is 3. The molecule has 0 unspecified atom stereocenters. The number of aryl methyl sites for hydroxylation is 1. The molecule has 4 heteroatoms. The second kappa shape index (κ2) is 13.4. The second-order valence-corrected chi connectivity index (χ2v) is 6.21. The van der Waals surface area contributed by atoms with Crippen LogP contribution in [0.2, 0.25) is 0 Å². The van der Waals surface area contributed by atoms with E-state index >= 15 is 0 Å². The lowest BCUT2D eigenvalue weighted by atomic mass is 10.1. The zero-order chi connectivity index (χ0) is 19.9. The van der Waals surface area contributed by atoms with E-state index in [0.29, 0.717) is 19.8 Å². The Bertz CT molecular complexity index is 674. The van der Waals surface area contributed by atoms with Gasteiger partial charge in [0.05, 0.1) is 6.61 Å². The normalized spacial score (nSPS) is 14.2. The van der Waals surface area contributed by atoms with Crippen LogP contribution in [0.15, 0.2) is 73.3 Å². The number of fused-ring (bicyclic) bond motifs is 2. The van der Waals surface area contributed by atoms with Crippen LogP contribution in [0.25, 0.3) is 0 Å². The van der Waals surface area contributed by atoms with Crippen LogP contribution >= 0.6 is 0 Å². The minimum Gasteiger partial charge on any atom is -0.486 e. The molecule has 2 aromatic rings. The summed E-state index contributed by atoms with van der Waals surface area (Å²) in [5, 5.41) is 0. The summed E-state index contributed by atoms with van der Waals surface area (Å²) in [4.78, 5) is 9.97. The number of unbranched alkanes of at least 4 members (excludes halogenated alkanes) is 1. The fraction of sp³-hybridized carbons (Fsp3) is 0.333. The minimum atomic E-state index is 0.664. The lowest BCUT2D eigenvalue weighted by Crippen LogP contribution is -2.14. The highest BCUT2D eigenvalue weighted by Gasteiger charge is 2.08. The maximum Gasteiger partial charge on any atom is 0.168 e. The molecule has 2 aliphatic heterocycles. The Morgan fingerprint density at radius 2 is 1.54 bits per heavy atom. The first-order valence-electron chi connectivity index (χ1n) is 9.84. The predicted octanol–water partition coefficient (Wildman–Crippen LogP) is 5.93. The summed E-state index contributed by atoms with van der Waals surface area (Å²) in [6.45, 7) is 7.72. The van der Waals surface area contributed by atoms with Crippen molar-refractivity contribution in [3.05, 3.63) is 78.9 Å². The number of benzene rings is 2. The van der Waals surface area contributed by atoms with Crippen LogP contribution in [0, 0.1) is 0 Å². The van der Waals surface area contributed by atoms with Gasteiger partial charge in [0.15, 0.2) is 17.2 Å². The molecule has 0 saturated carbocycles. The molecule has 0 bridgehead atoms. The molecule has 0 saturated heterocycles. The Morgan fingerprint density at radius 3 is 2.18 bits per heavy atom. The summed E-state index contributed by atoms with van der Waals surface area (Å²) in [7, 11) is 0. The van der Waals surface area contributed by atoms with E-state index in [0.717, 1.165) is 30.1 Å². The smallest absolute Gasteiger partial charge is 0.168 e. The molecule has 0 amide bonds. The lowest BCUT2D eigenvalue weighted by molar-refractivity contribution is -0.203. The average Bonchev–Trinajstić information content (AvgIpc) is 3.01. The Hall–Kier alpha value is -2.72. The van der Waals surface area contributed by atoms with Crippen molar-refractivity contribution in [1.29, 1.82) is 0 Å². The molecule has 0 spiro atoms. The van der Waals surface area contributed by atoms with Crippen LogP contribution in [0.4, 0.5) is 0 Å². The average molecular weight is 383 g/mol. The molecule has 28 heavy (non-hydrogen) atoms. The van der Waals surface area contributed by atoms with Gasteiger partial charge in [-0.15, -0.1) is 0 Å². The zero-order valence-electron chi connectivity index (χ0n) is 16.6. The molecule has 4 nitrogen and oxygen atoms in total. The highest BCUT2D eigenvalue weighted by atomic mass is 17.2. The molecule has 0 fully saturated rings. The summed E-state index contributed by atoms with van der Waals surface area (Å²) in [5.74, 6) is 2.58. The number of hydrogen-bond acceptors (Lipinski definition) is 4. The van der Waals surface area contributed by atoms with Gasteiger partial charge in [0, 0.05) is 0 Å². The molecule has 0 N–H and O–H groups in total. The van der Waals surface area contributed by atoms with Crippen LogP contribution in [0.1, 0.15) is 31.7 Å². The molecule has 0 aromatic heterocycles. The van der Waals surface area contributed by atoms with Crippen molar-refractivity contribution in [2.45, 2.75) is 32.6 Å². The van der Waals surface area contributed by atoms with Crippen LogP contribution < -0.4 is 14.4 Å². The van der Waals surface area contributed by atoms with Gasteiger partial charge in [-0.05, 0) is 43.0 Å². The molecular formula is C24H30O4. The standard InChI is InChI=1S/C9H10O2.C8H8O2.C7H12/c1-2-6-9-8(4-1)5-3-7-10-11-9;1-2-4-8-7(3-1)9-5-6-10-8;1-3-5-7-6-4-2/h1-2,4,6H,3,5,7H2;1-4H,5-6H2;3,5,7H,1,4,6H2,2H3. The molecule has 0 radical (unpaired) electrons. The van der Waals surface area contributed by atoms with Gasteiger partial charge in [0.1, 0.15) is 13.2 Å². The topological polar surface area (TPSA) is 36.9 Å².